The van der Waals surface area contributed by atoms with Gasteiger partial charge in [-0.3, -0.25) is 4.90 Å². The highest BCUT2D eigenvalue weighted by Gasteiger charge is 2.33. The Kier molecular flexibility index (Phi) is 3.82. The van der Waals surface area contributed by atoms with Crippen LogP contribution in [0.4, 0.5) is 14.6 Å². The maximum atomic E-state index is 13.9. The van der Waals surface area contributed by atoms with Crippen LogP contribution in [0.15, 0.2) is 30.3 Å². The maximum absolute atomic E-state index is 13.9. The van der Waals surface area contributed by atoms with Crippen molar-refractivity contribution in [1.82, 2.24) is 24.7 Å². The van der Waals surface area contributed by atoms with E-state index in [0.717, 1.165) is 49.3 Å². The maximum Gasteiger partial charge on any atom is 0.178 e. The Balaban J connectivity index is 1.26. The molecule has 2 aromatic heterocycles. The van der Waals surface area contributed by atoms with E-state index in [1.165, 1.54) is 12.1 Å². The van der Waals surface area contributed by atoms with Crippen LogP contribution < -0.4 is 4.90 Å². The van der Waals surface area contributed by atoms with Crippen molar-refractivity contribution in [3.05, 3.63) is 53.4 Å². The summed E-state index contributed by atoms with van der Waals surface area (Å²) in [5.41, 5.74) is 1.16. The molecule has 6 nitrogen and oxygen atoms in total. The third-order valence-electron chi connectivity index (χ3n) is 5.45. The summed E-state index contributed by atoms with van der Waals surface area (Å²) < 4.78 is 29.1. The van der Waals surface area contributed by atoms with Crippen molar-refractivity contribution in [3.63, 3.8) is 0 Å². The summed E-state index contributed by atoms with van der Waals surface area (Å²) in [5, 5.41) is 13.2. The first-order valence-electron chi connectivity index (χ1n) is 9.20. The van der Waals surface area contributed by atoms with E-state index < -0.39 is 5.82 Å². The fourth-order valence-corrected chi connectivity index (χ4v) is 3.54. The van der Waals surface area contributed by atoms with E-state index in [1.807, 2.05) is 23.7 Å². The van der Waals surface area contributed by atoms with Gasteiger partial charge in [-0.15, -0.1) is 15.3 Å². The second kappa shape index (κ2) is 6.23. The topological polar surface area (TPSA) is 49.6 Å². The minimum atomic E-state index is -0.409. The summed E-state index contributed by atoms with van der Waals surface area (Å²) in [4.78, 5) is 4.24. The standard InChI is InChI=1S/C19H20F2N6/c1-25(9-13-8-14(20)4-5-16(13)21)15-10-26(11-15)18-7-6-17-22-23-19(12-2-3-12)27(17)24-18/h4-8,12,15H,2-3,9-11H2,1H3. The molecule has 0 amide bonds. The first kappa shape index (κ1) is 16.6. The SMILES string of the molecule is CN(Cc1cc(F)ccc1F)C1CN(c2ccc3nnc(C4CC4)n3n2)C1. The zero-order valence-electron chi connectivity index (χ0n) is 15.0. The van der Waals surface area contributed by atoms with Crippen LogP contribution in [-0.2, 0) is 6.54 Å². The fraction of sp³-hybridized carbons (Fsp3) is 0.421. The van der Waals surface area contributed by atoms with Gasteiger partial charge in [0, 0.05) is 37.2 Å². The van der Waals surface area contributed by atoms with Gasteiger partial charge < -0.3 is 4.90 Å². The summed E-state index contributed by atoms with van der Waals surface area (Å²) in [5.74, 6) is 1.55. The van der Waals surface area contributed by atoms with Gasteiger partial charge in [0.1, 0.15) is 17.5 Å². The monoisotopic (exact) mass is 370 g/mol. The number of hydrogen-bond acceptors (Lipinski definition) is 5. The molecular formula is C19H20F2N6. The summed E-state index contributed by atoms with van der Waals surface area (Å²) in [6.45, 7) is 1.98. The van der Waals surface area contributed by atoms with Crippen LogP contribution in [0.3, 0.4) is 0 Å². The molecule has 1 aliphatic heterocycles. The molecule has 3 aromatic rings. The molecule has 140 valence electrons. The van der Waals surface area contributed by atoms with Gasteiger partial charge in [-0.2, -0.15) is 4.52 Å². The molecule has 5 rings (SSSR count). The largest absolute Gasteiger partial charge is 0.352 e. The zero-order valence-corrected chi connectivity index (χ0v) is 15.0. The van der Waals surface area contributed by atoms with Gasteiger partial charge in [0.15, 0.2) is 11.5 Å². The van der Waals surface area contributed by atoms with Gasteiger partial charge in [-0.25, -0.2) is 8.78 Å². The normalized spacial score (nSPS) is 17.7. The Morgan fingerprint density at radius 1 is 1.11 bits per heavy atom. The van der Waals surface area contributed by atoms with Crippen molar-refractivity contribution < 1.29 is 8.78 Å². The molecule has 0 unspecified atom stereocenters. The number of fused-ring (bicyclic) bond motifs is 1. The third-order valence-corrected chi connectivity index (χ3v) is 5.45. The number of anilines is 1. The molecule has 3 heterocycles. The molecule has 0 bridgehead atoms. The Labute approximate surface area is 155 Å². The molecule has 0 N–H and O–H groups in total. The molecule has 1 aliphatic carbocycles. The molecule has 1 saturated heterocycles. The number of nitrogens with zero attached hydrogens (tertiary/aromatic N) is 6. The highest BCUT2D eigenvalue weighted by atomic mass is 19.1. The lowest BCUT2D eigenvalue weighted by atomic mass is 10.1. The van der Waals surface area contributed by atoms with Gasteiger partial charge in [0.25, 0.3) is 0 Å². The van der Waals surface area contributed by atoms with Crippen molar-refractivity contribution >= 4 is 11.5 Å². The van der Waals surface area contributed by atoms with E-state index >= 15 is 0 Å². The van der Waals surface area contributed by atoms with E-state index in [2.05, 4.69) is 20.0 Å². The number of benzene rings is 1. The molecule has 1 aromatic carbocycles. The average molecular weight is 370 g/mol. The van der Waals surface area contributed by atoms with E-state index in [4.69, 9.17) is 5.10 Å². The van der Waals surface area contributed by atoms with Crippen LogP contribution in [0.5, 0.6) is 0 Å². The Bertz CT molecular complexity index is 993. The van der Waals surface area contributed by atoms with Crippen molar-refractivity contribution in [2.75, 3.05) is 25.0 Å². The first-order valence-corrected chi connectivity index (χ1v) is 9.20. The zero-order chi connectivity index (χ0) is 18.5. The summed E-state index contributed by atoms with van der Waals surface area (Å²) >= 11 is 0. The third kappa shape index (κ3) is 3.03. The van der Waals surface area contributed by atoms with Crippen molar-refractivity contribution in [1.29, 1.82) is 0 Å². The number of halogens is 2. The lowest BCUT2D eigenvalue weighted by Gasteiger charge is -2.44. The summed E-state index contributed by atoms with van der Waals surface area (Å²) in [6.07, 6.45) is 2.31. The first-order chi connectivity index (χ1) is 13.1. The lowest BCUT2D eigenvalue weighted by molar-refractivity contribution is 0.194. The molecule has 2 aliphatic rings. The van der Waals surface area contributed by atoms with E-state index in [9.17, 15) is 8.78 Å². The number of hydrogen-bond donors (Lipinski definition) is 0. The van der Waals surface area contributed by atoms with Gasteiger partial charge in [-0.05, 0) is 50.2 Å². The van der Waals surface area contributed by atoms with E-state index in [-0.39, 0.29) is 11.9 Å². The van der Waals surface area contributed by atoms with Gasteiger partial charge in [0.05, 0.1) is 0 Å². The summed E-state index contributed by atoms with van der Waals surface area (Å²) in [7, 11) is 1.94. The van der Waals surface area contributed by atoms with Crippen LogP contribution in [-0.4, -0.2) is 50.9 Å². The molecule has 0 radical (unpaired) electrons. The predicted octanol–water partition coefficient (Wildman–Crippen LogP) is 2.60. The van der Waals surface area contributed by atoms with E-state index in [1.54, 1.807) is 0 Å². The Morgan fingerprint density at radius 3 is 2.70 bits per heavy atom. The second-order valence-corrected chi connectivity index (χ2v) is 7.50. The van der Waals surface area contributed by atoms with Crippen molar-refractivity contribution in [2.45, 2.75) is 31.3 Å². The number of rotatable bonds is 5. The molecule has 2 fully saturated rings. The van der Waals surface area contributed by atoms with Crippen molar-refractivity contribution in [3.8, 4) is 0 Å². The van der Waals surface area contributed by atoms with Gasteiger partial charge in [0.2, 0.25) is 0 Å². The summed E-state index contributed by atoms with van der Waals surface area (Å²) in [6, 6.07) is 7.77. The Morgan fingerprint density at radius 2 is 1.93 bits per heavy atom. The number of aromatic nitrogens is 4. The van der Waals surface area contributed by atoms with Crippen LogP contribution in [0, 0.1) is 11.6 Å². The fourth-order valence-electron chi connectivity index (χ4n) is 3.54. The Hall–Kier alpha value is -2.61. The van der Waals surface area contributed by atoms with Crippen LogP contribution >= 0.6 is 0 Å². The highest BCUT2D eigenvalue weighted by molar-refractivity contribution is 5.48. The minimum Gasteiger partial charge on any atom is -0.352 e. The van der Waals surface area contributed by atoms with Crippen molar-refractivity contribution in [2.24, 2.45) is 0 Å². The molecule has 1 saturated carbocycles. The lowest BCUT2D eigenvalue weighted by Crippen LogP contribution is -2.58. The molecule has 0 atom stereocenters. The van der Waals surface area contributed by atoms with Crippen LogP contribution in [0.25, 0.3) is 5.65 Å². The highest BCUT2D eigenvalue weighted by Crippen LogP contribution is 2.38. The van der Waals surface area contributed by atoms with E-state index in [0.29, 0.717) is 18.0 Å². The minimum absolute atomic E-state index is 0.272. The number of likely N-dealkylation sites (N-methyl/N-ethyl adjacent to an activating group) is 1. The van der Waals surface area contributed by atoms with Gasteiger partial charge in [-0.1, -0.05) is 0 Å². The molecular weight excluding hydrogens is 350 g/mol. The second-order valence-electron chi connectivity index (χ2n) is 7.50. The molecule has 0 spiro atoms. The average Bonchev–Trinajstić information content (AvgIpc) is 3.36. The van der Waals surface area contributed by atoms with Crippen LogP contribution in [0.1, 0.15) is 30.1 Å². The molecule has 8 heteroatoms. The predicted molar refractivity (Wildman–Crippen MR) is 96.6 cm³/mol. The molecule has 27 heavy (non-hydrogen) atoms. The van der Waals surface area contributed by atoms with Gasteiger partial charge >= 0.3 is 0 Å². The van der Waals surface area contributed by atoms with Crippen LogP contribution in [0.2, 0.25) is 0 Å². The quantitative estimate of drug-likeness (QED) is 0.691. The smallest absolute Gasteiger partial charge is 0.178 e.